The normalized spacial score (nSPS) is 11.4. The molecule has 0 fully saturated rings. The Morgan fingerprint density at radius 3 is 1.59 bits per heavy atom. The molecule has 1 heterocycles. The van der Waals surface area contributed by atoms with E-state index in [4.69, 9.17) is 0 Å². The van der Waals surface area contributed by atoms with Crippen LogP contribution >= 0.6 is 0 Å². The van der Waals surface area contributed by atoms with Gasteiger partial charge in [-0.2, -0.15) is 0 Å². The van der Waals surface area contributed by atoms with E-state index in [1.54, 1.807) is 0 Å². The lowest BCUT2D eigenvalue weighted by Crippen LogP contribution is -2.12. The van der Waals surface area contributed by atoms with Gasteiger partial charge in [0, 0.05) is 33.3 Å². The van der Waals surface area contributed by atoms with Crippen molar-refractivity contribution in [3.05, 3.63) is 231 Å². The zero-order valence-electron chi connectivity index (χ0n) is 31.8. The van der Waals surface area contributed by atoms with Crippen molar-refractivity contribution >= 4 is 60.4 Å². The first kappa shape index (κ1) is 33.6. The molecule has 0 saturated heterocycles. The molecule has 0 spiro atoms. The minimum atomic E-state index is 1.08. The Kier molecular flexibility index (Phi) is 8.19. The summed E-state index contributed by atoms with van der Waals surface area (Å²) in [5, 5.41) is 7.36. The van der Waals surface area contributed by atoms with Crippen molar-refractivity contribution in [2.45, 2.75) is 0 Å². The second-order valence-corrected chi connectivity index (χ2v) is 14.9. The summed E-state index contributed by atoms with van der Waals surface area (Å²) in [5.74, 6) is 0. The molecule has 0 aliphatic rings. The maximum atomic E-state index is 2.49. The first-order valence-corrected chi connectivity index (χ1v) is 19.9. The first-order valence-electron chi connectivity index (χ1n) is 19.9. The van der Waals surface area contributed by atoms with Crippen LogP contribution in [0.2, 0.25) is 0 Å². The smallest absolute Gasteiger partial charge is 0.0561 e. The second kappa shape index (κ2) is 14.1. The van der Waals surface area contributed by atoms with Crippen molar-refractivity contribution in [1.29, 1.82) is 0 Å². The van der Waals surface area contributed by atoms with Gasteiger partial charge in [-0.1, -0.05) is 188 Å². The summed E-state index contributed by atoms with van der Waals surface area (Å²) in [6.07, 6.45) is 0. The van der Waals surface area contributed by atoms with Crippen molar-refractivity contribution in [3.63, 3.8) is 0 Å². The van der Waals surface area contributed by atoms with Crippen LogP contribution in [0.15, 0.2) is 231 Å². The second-order valence-electron chi connectivity index (χ2n) is 14.9. The standard InChI is InChI=1S/C56H38N2/c1-3-18-40(19-4-1)45-30-16-22-41-23-17-32-51(56(41)45)49-29-11-14-35-54(49)58(52-33-12-9-27-47(52)46-31-15-21-39-20-7-8-26-44(39)46)43-36-37-50-48-28-10-13-34-53(48)57(55(50)38-43)42-24-5-2-6-25-42/h1-38H. The fourth-order valence-electron chi connectivity index (χ4n) is 9.04. The molecule has 0 atom stereocenters. The summed E-state index contributed by atoms with van der Waals surface area (Å²) in [7, 11) is 0. The third-order valence-corrected chi connectivity index (χ3v) is 11.6. The Morgan fingerprint density at radius 1 is 0.310 bits per heavy atom. The Hall–Kier alpha value is -7.68. The molecule has 0 saturated carbocycles. The van der Waals surface area contributed by atoms with E-state index in [2.05, 4.69) is 240 Å². The van der Waals surface area contributed by atoms with Gasteiger partial charge in [-0.15, -0.1) is 0 Å². The van der Waals surface area contributed by atoms with Gasteiger partial charge in [0.15, 0.2) is 0 Å². The molecule has 0 unspecified atom stereocenters. The quantitative estimate of drug-likeness (QED) is 0.158. The van der Waals surface area contributed by atoms with E-state index in [0.717, 1.165) is 33.8 Å². The lowest BCUT2D eigenvalue weighted by atomic mass is 9.90. The number of rotatable bonds is 7. The van der Waals surface area contributed by atoms with E-state index in [1.165, 1.54) is 65.7 Å². The number of benzene rings is 10. The van der Waals surface area contributed by atoms with Crippen LogP contribution in [0, 0.1) is 0 Å². The lowest BCUT2D eigenvalue weighted by molar-refractivity contribution is 1.18. The topological polar surface area (TPSA) is 8.17 Å². The van der Waals surface area contributed by atoms with Gasteiger partial charge in [0.1, 0.15) is 0 Å². The largest absolute Gasteiger partial charge is 0.309 e. The van der Waals surface area contributed by atoms with Crippen molar-refractivity contribution in [3.8, 4) is 39.1 Å². The molecule has 2 nitrogen and oxygen atoms in total. The van der Waals surface area contributed by atoms with E-state index >= 15 is 0 Å². The maximum Gasteiger partial charge on any atom is 0.0561 e. The van der Waals surface area contributed by atoms with Gasteiger partial charge in [0.2, 0.25) is 0 Å². The van der Waals surface area contributed by atoms with Crippen molar-refractivity contribution in [2.24, 2.45) is 0 Å². The number of fused-ring (bicyclic) bond motifs is 5. The Labute approximate surface area is 338 Å². The van der Waals surface area contributed by atoms with Gasteiger partial charge < -0.3 is 9.47 Å². The van der Waals surface area contributed by atoms with Gasteiger partial charge in [0.05, 0.1) is 22.4 Å². The third-order valence-electron chi connectivity index (χ3n) is 11.6. The highest BCUT2D eigenvalue weighted by molar-refractivity contribution is 6.12. The average molecular weight is 739 g/mol. The molecule has 10 aromatic carbocycles. The van der Waals surface area contributed by atoms with Crippen LogP contribution in [0.25, 0.3) is 82.4 Å². The highest BCUT2D eigenvalue weighted by Gasteiger charge is 2.24. The monoisotopic (exact) mass is 738 g/mol. The molecule has 0 N–H and O–H groups in total. The van der Waals surface area contributed by atoms with Crippen LogP contribution in [0.5, 0.6) is 0 Å². The van der Waals surface area contributed by atoms with E-state index in [0.29, 0.717) is 0 Å². The van der Waals surface area contributed by atoms with Crippen molar-refractivity contribution in [1.82, 2.24) is 4.57 Å². The zero-order chi connectivity index (χ0) is 38.4. The first-order chi connectivity index (χ1) is 28.8. The van der Waals surface area contributed by atoms with E-state index in [1.807, 2.05) is 0 Å². The molecule has 2 heteroatoms. The zero-order valence-corrected chi connectivity index (χ0v) is 31.8. The molecule has 11 aromatic rings. The number of aromatic nitrogens is 1. The predicted octanol–water partition coefficient (Wildman–Crippen LogP) is 15.6. The van der Waals surface area contributed by atoms with Gasteiger partial charge in [-0.3, -0.25) is 0 Å². The predicted molar refractivity (Wildman–Crippen MR) is 247 cm³/mol. The number of hydrogen-bond acceptors (Lipinski definition) is 1. The minimum absolute atomic E-state index is 1.08. The van der Waals surface area contributed by atoms with Gasteiger partial charge in [-0.05, 0) is 86.3 Å². The molecule has 0 amide bonds. The minimum Gasteiger partial charge on any atom is -0.309 e. The summed E-state index contributed by atoms with van der Waals surface area (Å²) >= 11 is 0. The highest BCUT2D eigenvalue weighted by atomic mass is 15.1. The van der Waals surface area contributed by atoms with Gasteiger partial charge in [-0.25, -0.2) is 0 Å². The third kappa shape index (κ3) is 5.57. The van der Waals surface area contributed by atoms with Crippen LogP contribution in [0.1, 0.15) is 0 Å². The van der Waals surface area contributed by atoms with E-state index < -0.39 is 0 Å². The molecule has 58 heavy (non-hydrogen) atoms. The Balaban J connectivity index is 1.23. The van der Waals surface area contributed by atoms with E-state index in [9.17, 15) is 0 Å². The molecular weight excluding hydrogens is 701 g/mol. The molecule has 272 valence electrons. The summed E-state index contributed by atoms with van der Waals surface area (Å²) in [4.78, 5) is 2.49. The summed E-state index contributed by atoms with van der Waals surface area (Å²) in [6.45, 7) is 0. The number of anilines is 3. The molecule has 11 rings (SSSR count). The van der Waals surface area contributed by atoms with Crippen LogP contribution in [0.3, 0.4) is 0 Å². The maximum absolute atomic E-state index is 2.49. The lowest BCUT2D eigenvalue weighted by Gasteiger charge is -2.30. The molecule has 0 aliphatic heterocycles. The number of hydrogen-bond donors (Lipinski definition) is 0. The molecular formula is C56H38N2. The number of nitrogens with zero attached hydrogens (tertiary/aromatic N) is 2. The fraction of sp³-hybridized carbons (Fsp3) is 0. The van der Waals surface area contributed by atoms with E-state index in [-0.39, 0.29) is 0 Å². The molecule has 0 aliphatic carbocycles. The molecule has 1 aromatic heterocycles. The number of para-hydroxylation sites is 4. The SMILES string of the molecule is c1ccc(-c2cccc3cccc(-c4ccccc4N(c4ccc5c6ccccc6n(-c6ccccc6)c5c4)c4ccccc4-c4cccc5ccccc45)c23)cc1. The molecule has 0 radical (unpaired) electrons. The summed E-state index contributed by atoms with van der Waals surface area (Å²) < 4.78 is 2.41. The summed E-state index contributed by atoms with van der Waals surface area (Å²) in [5.41, 5.74) is 13.9. The van der Waals surface area contributed by atoms with Crippen LogP contribution in [-0.4, -0.2) is 4.57 Å². The Bertz CT molecular complexity index is 3280. The fourth-order valence-corrected chi connectivity index (χ4v) is 9.04. The highest BCUT2D eigenvalue weighted by Crippen LogP contribution is 2.48. The van der Waals surface area contributed by atoms with Crippen molar-refractivity contribution in [2.75, 3.05) is 4.90 Å². The van der Waals surface area contributed by atoms with Crippen LogP contribution < -0.4 is 4.90 Å². The van der Waals surface area contributed by atoms with Crippen LogP contribution in [0.4, 0.5) is 17.1 Å². The Morgan fingerprint density at radius 2 is 0.828 bits per heavy atom. The van der Waals surface area contributed by atoms with Gasteiger partial charge >= 0.3 is 0 Å². The summed E-state index contributed by atoms with van der Waals surface area (Å²) in [6, 6.07) is 83.8. The molecule has 0 bridgehead atoms. The van der Waals surface area contributed by atoms with Gasteiger partial charge in [0.25, 0.3) is 0 Å². The van der Waals surface area contributed by atoms with Crippen LogP contribution in [-0.2, 0) is 0 Å². The van der Waals surface area contributed by atoms with Crippen molar-refractivity contribution < 1.29 is 0 Å². The average Bonchev–Trinajstić information content (AvgIpc) is 3.63.